The summed E-state index contributed by atoms with van der Waals surface area (Å²) in [5.74, 6) is -0.668. The highest BCUT2D eigenvalue weighted by Gasteiger charge is 2.29. The number of ether oxygens (including phenoxy) is 2. The summed E-state index contributed by atoms with van der Waals surface area (Å²) in [5.41, 5.74) is 6.32. The van der Waals surface area contributed by atoms with Crippen LogP contribution in [-0.2, 0) is 0 Å². The maximum Gasteiger partial charge on any atom is 0.422 e. The van der Waals surface area contributed by atoms with Crippen molar-refractivity contribution in [1.82, 2.24) is 14.4 Å². The first-order valence-electron chi connectivity index (χ1n) is 7.34. The number of aryl methyl sites for hydroxylation is 1. The van der Waals surface area contributed by atoms with Crippen molar-refractivity contribution < 1.29 is 27.4 Å². The molecule has 0 unspecified atom stereocenters. The molecule has 0 aliphatic carbocycles. The SMILES string of the molecule is Cc1cnc(Oc2ccc3nc(C(N)=O)cn3c2)c(OCC(F)(F)F)c1. The number of amides is 1. The monoisotopic (exact) mass is 366 g/mol. The lowest BCUT2D eigenvalue weighted by Gasteiger charge is -2.13. The Bertz CT molecular complexity index is 969. The molecule has 0 saturated heterocycles. The fourth-order valence-corrected chi connectivity index (χ4v) is 2.13. The molecule has 3 aromatic heterocycles. The number of pyridine rings is 2. The van der Waals surface area contributed by atoms with Crippen molar-refractivity contribution in [3.63, 3.8) is 0 Å². The van der Waals surface area contributed by atoms with Gasteiger partial charge in [-0.3, -0.25) is 4.79 Å². The van der Waals surface area contributed by atoms with Crippen LogP contribution in [0.1, 0.15) is 16.1 Å². The topological polar surface area (TPSA) is 91.7 Å². The van der Waals surface area contributed by atoms with Crippen LogP contribution in [0.4, 0.5) is 13.2 Å². The van der Waals surface area contributed by atoms with Gasteiger partial charge in [0.15, 0.2) is 12.4 Å². The number of hydrogen-bond acceptors (Lipinski definition) is 5. The van der Waals surface area contributed by atoms with Crippen LogP contribution in [0.25, 0.3) is 5.65 Å². The summed E-state index contributed by atoms with van der Waals surface area (Å²) < 4.78 is 49.0. The Morgan fingerprint density at radius 1 is 1.31 bits per heavy atom. The molecule has 0 saturated carbocycles. The predicted molar refractivity (Wildman–Crippen MR) is 84.3 cm³/mol. The van der Waals surface area contributed by atoms with Crippen LogP contribution >= 0.6 is 0 Å². The van der Waals surface area contributed by atoms with E-state index in [0.29, 0.717) is 11.2 Å². The van der Waals surface area contributed by atoms with Gasteiger partial charge in [-0.25, -0.2) is 9.97 Å². The number of aromatic nitrogens is 3. The summed E-state index contributed by atoms with van der Waals surface area (Å²) in [6, 6.07) is 4.49. The molecule has 2 N–H and O–H groups in total. The summed E-state index contributed by atoms with van der Waals surface area (Å²) in [6.07, 6.45) is -0.142. The van der Waals surface area contributed by atoms with Gasteiger partial charge in [0.05, 0.1) is 6.20 Å². The maximum absolute atomic E-state index is 12.4. The molecule has 0 bridgehead atoms. The molecule has 136 valence electrons. The van der Waals surface area contributed by atoms with E-state index in [-0.39, 0.29) is 23.1 Å². The molecule has 26 heavy (non-hydrogen) atoms. The predicted octanol–water partition coefficient (Wildman–Crippen LogP) is 2.87. The second kappa shape index (κ2) is 6.54. The van der Waals surface area contributed by atoms with Crippen molar-refractivity contribution >= 4 is 11.6 Å². The lowest BCUT2D eigenvalue weighted by Crippen LogP contribution is -2.19. The number of alkyl halides is 3. The minimum atomic E-state index is -4.48. The summed E-state index contributed by atoms with van der Waals surface area (Å²) in [7, 11) is 0. The molecule has 0 aromatic carbocycles. The number of rotatable bonds is 5. The van der Waals surface area contributed by atoms with E-state index in [1.807, 2.05) is 0 Å². The number of nitrogens with two attached hydrogens (primary N) is 1. The van der Waals surface area contributed by atoms with Crippen molar-refractivity contribution in [3.05, 3.63) is 48.0 Å². The third-order valence-electron chi connectivity index (χ3n) is 3.24. The van der Waals surface area contributed by atoms with Crippen molar-refractivity contribution in [2.75, 3.05) is 6.61 Å². The molecular weight excluding hydrogens is 353 g/mol. The number of hydrogen-bond donors (Lipinski definition) is 1. The summed E-state index contributed by atoms with van der Waals surface area (Å²) >= 11 is 0. The lowest BCUT2D eigenvalue weighted by atomic mass is 10.3. The Morgan fingerprint density at radius 3 is 2.77 bits per heavy atom. The average molecular weight is 366 g/mol. The Hall–Kier alpha value is -3.30. The molecule has 3 rings (SSSR count). The van der Waals surface area contributed by atoms with Crippen molar-refractivity contribution in [2.45, 2.75) is 13.1 Å². The first kappa shape index (κ1) is 17.5. The molecule has 1 amide bonds. The van der Waals surface area contributed by atoms with Crippen LogP contribution in [-0.4, -0.2) is 33.1 Å². The quantitative estimate of drug-likeness (QED) is 0.750. The van der Waals surface area contributed by atoms with Gasteiger partial charge in [0, 0.05) is 12.4 Å². The fourth-order valence-electron chi connectivity index (χ4n) is 2.13. The molecular formula is C16H13F3N4O3. The zero-order chi connectivity index (χ0) is 18.9. The van der Waals surface area contributed by atoms with Crippen LogP contribution in [0.5, 0.6) is 17.4 Å². The van der Waals surface area contributed by atoms with Crippen LogP contribution in [0.2, 0.25) is 0 Å². The zero-order valence-electron chi connectivity index (χ0n) is 13.4. The second-order valence-electron chi connectivity index (χ2n) is 5.44. The minimum Gasteiger partial charge on any atom is -0.478 e. The molecule has 0 aliphatic heterocycles. The van der Waals surface area contributed by atoms with Gasteiger partial charge in [-0.15, -0.1) is 0 Å². The Labute approximate surface area is 145 Å². The maximum atomic E-state index is 12.4. The number of carbonyl (C=O) groups excluding carboxylic acids is 1. The van der Waals surface area contributed by atoms with E-state index in [2.05, 4.69) is 9.97 Å². The first-order chi connectivity index (χ1) is 12.2. The number of nitrogens with zero attached hydrogens (tertiary/aromatic N) is 3. The molecule has 3 aromatic rings. The summed E-state index contributed by atoms with van der Waals surface area (Å²) in [4.78, 5) is 19.2. The van der Waals surface area contributed by atoms with Crippen molar-refractivity contribution in [3.8, 4) is 17.4 Å². The van der Waals surface area contributed by atoms with Crippen LogP contribution in [0, 0.1) is 6.92 Å². The van der Waals surface area contributed by atoms with Gasteiger partial charge < -0.3 is 19.6 Å². The fraction of sp³-hybridized carbons (Fsp3) is 0.188. The normalized spacial score (nSPS) is 11.5. The standard InChI is InChI=1S/C16H13F3N4O3/c1-9-4-12(25-8-16(17,18)19)15(21-5-9)26-10-2-3-13-22-11(14(20)24)7-23(13)6-10/h2-7H,8H2,1H3,(H2,20,24). The van der Waals surface area contributed by atoms with E-state index in [1.165, 1.54) is 35.1 Å². The molecule has 0 atom stereocenters. The van der Waals surface area contributed by atoms with Crippen molar-refractivity contribution in [1.29, 1.82) is 0 Å². The minimum absolute atomic E-state index is 0.0739. The highest BCUT2D eigenvalue weighted by Crippen LogP contribution is 2.31. The Kier molecular flexibility index (Phi) is 4.41. The number of carbonyl (C=O) groups is 1. The van der Waals surface area contributed by atoms with Gasteiger partial charge in [0.2, 0.25) is 0 Å². The van der Waals surface area contributed by atoms with Gasteiger partial charge >= 0.3 is 6.18 Å². The average Bonchev–Trinajstić information content (AvgIpc) is 2.98. The van der Waals surface area contributed by atoms with Crippen LogP contribution in [0.15, 0.2) is 36.8 Å². The van der Waals surface area contributed by atoms with Crippen LogP contribution in [0.3, 0.4) is 0 Å². The zero-order valence-corrected chi connectivity index (χ0v) is 13.4. The third kappa shape index (κ3) is 4.02. The number of primary amides is 1. The van der Waals surface area contributed by atoms with E-state index in [9.17, 15) is 18.0 Å². The molecule has 10 heteroatoms. The van der Waals surface area contributed by atoms with Gasteiger partial charge in [-0.1, -0.05) is 0 Å². The first-order valence-corrected chi connectivity index (χ1v) is 7.34. The third-order valence-corrected chi connectivity index (χ3v) is 3.24. The lowest BCUT2D eigenvalue weighted by molar-refractivity contribution is -0.153. The molecule has 3 heterocycles. The van der Waals surface area contributed by atoms with E-state index in [0.717, 1.165) is 0 Å². The number of halogens is 3. The van der Waals surface area contributed by atoms with Gasteiger partial charge in [0.1, 0.15) is 17.1 Å². The van der Waals surface area contributed by atoms with Crippen LogP contribution < -0.4 is 15.2 Å². The highest BCUT2D eigenvalue weighted by molar-refractivity contribution is 5.91. The van der Waals surface area contributed by atoms with E-state index in [4.69, 9.17) is 15.2 Å². The van der Waals surface area contributed by atoms with Crippen molar-refractivity contribution in [2.24, 2.45) is 5.73 Å². The molecule has 0 spiro atoms. The second-order valence-corrected chi connectivity index (χ2v) is 5.44. The van der Waals surface area contributed by atoms with E-state index in [1.54, 1.807) is 13.0 Å². The smallest absolute Gasteiger partial charge is 0.422 e. The summed E-state index contributed by atoms with van der Waals surface area (Å²) in [5, 5.41) is 0. The van der Waals surface area contributed by atoms with E-state index >= 15 is 0 Å². The number of fused-ring (bicyclic) bond motifs is 1. The molecule has 0 aliphatic rings. The van der Waals surface area contributed by atoms with Gasteiger partial charge in [0.25, 0.3) is 11.8 Å². The Morgan fingerprint density at radius 2 is 2.08 bits per heavy atom. The largest absolute Gasteiger partial charge is 0.478 e. The van der Waals surface area contributed by atoms with E-state index < -0.39 is 18.7 Å². The molecule has 0 radical (unpaired) electrons. The summed E-state index contributed by atoms with van der Waals surface area (Å²) in [6.45, 7) is 0.206. The highest BCUT2D eigenvalue weighted by atomic mass is 19.4. The Balaban J connectivity index is 1.88. The van der Waals surface area contributed by atoms with Gasteiger partial charge in [-0.05, 0) is 30.7 Å². The molecule has 0 fully saturated rings. The molecule has 7 nitrogen and oxygen atoms in total. The number of imidazole rings is 1. The van der Waals surface area contributed by atoms with Gasteiger partial charge in [-0.2, -0.15) is 13.2 Å².